The molecule has 1 saturated carbocycles. The lowest BCUT2D eigenvalue weighted by atomic mass is 9.61. The molecule has 1 atom stereocenters. The summed E-state index contributed by atoms with van der Waals surface area (Å²) in [6, 6.07) is 5.63. The van der Waals surface area contributed by atoms with Crippen molar-refractivity contribution in [2.45, 2.75) is 72.3 Å². The van der Waals surface area contributed by atoms with Crippen molar-refractivity contribution in [3.8, 4) is 0 Å². The van der Waals surface area contributed by atoms with Crippen LogP contribution in [0.2, 0.25) is 5.02 Å². The van der Waals surface area contributed by atoms with Gasteiger partial charge in [0.05, 0.1) is 12.1 Å². The van der Waals surface area contributed by atoms with Crippen LogP contribution in [-0.2, 0) is 11.3 Å². The van der Waals surface area contributed by atoms with E-state index in [1.54, 1.807) is 0 Å². The zero-order valence-corrected chi connectivity index (χ0v) is 22.4. The molecule has 1 fully saturated rings. The molecule has 0 saturated heterocycles. The Morgan fingerprint density at radius 1 is 1.31 bits per heavy atom. The van der Waals surface area contributed by atoms with Crippen LogP contribution in [0.5, 0.6) is 0 Å². The second kappa shape index (κ2) is 13.3. The molecule has 1 heterocycles. The van der Waals surface area contributed by atoms with Gasteiger partial charge in [-0.15, -0.1) is 6.58 Å². The summed E-state index contributed by atoms with van der Waals surface area (Å²) >= 11 is 6.10. The molecule has 35 heavy (non-hydrogen) atoms. The van der Waals surface area contributed by atoms with Crippen molar-refractivity contribution < 1.29 is 9.84 Å². The topological polar surface area (TPSA) is 55.2 Å². The van der Waals surface area contributed by atoms with Gasteiger partial charge in [0.25, 0.3) is 0 Å². The minimum Gasteiger partial charge on any atom is -0.396 e. The molecule has 0 aliphatic heterocycles. The van der Waals surface area contributed by atoms with E-state index in [0.717, 1.165) is 55.8 Å². The highest BCUT2D eigenvalue weighted by Crippen LogP contribution is 2.50. The predicted octanol–water partition coefficient (Wildman–Crippen LogP) is 7.85. The van der Waals surface area contributed by atoms with Gasteiger partial charge in [-0.2, -0.15) is 0 Å². The Balaban J connectivity index is 1.65. The maximum absolute atomic E-state index is 9.70. The smallest absolute Gasteiger partial charge is 0.154 e. The zero-order valence-electron chi connectivity index (χ0n) is 21.6. The first kappa shape index (κ1) is 27.6. The summed E-state index contributed by atoms with van der Waals surface area (Å²) in [6.07, 6.45) is 16.0. The Morgan fingerprint density at radius 3 is 2.77 bits per heavy atom. The van der Waals surface area contributed by atoms with E-state index in [9.17, 15) is 5.11 Å². The normalized spacial score (nSPS) is 22.4. The molecule has 1 aliphatic carbocycles. The molecule has 1 aromatic carbocycles. The number of hydrogen-bond donors (Lipinski definition) is 1. The highest BCUT2D eigenvalue weighted by atomic mass is 35.5. The van der Waals surface area contributed by atoms with E-state index in [4.69, 9.17) is 16.3 Å². The molecular formula is C30H41ClN2O2. The summed E-state index contributed by atoms with van der Waals surface area (Å²) in [6.45, 7) is 12.0. The molecular weight excluding hydrogens is 456 g/mol. The summed E-state index contributed by atoms with van der Waals surface area (Å²) in [5.74, 6) is 1.58. The maximum atomic E-state index is 9.70. The van der Waals surface area contributed by atoms with Gasteiger partial charge in [0, 0.05) is 28.6 Å². The molecule has 3 rings (SSSR count). The largest absolute Gasteiger partial charge is 0.396 e. The Bertz CT molecular complexity index is 1040. The van der Waals surface area contributed by atoms with E-state index in [-0.39, 0.29) is 5.41 Å². The number of hydrogen-bond acceptors (Lipinski definition) is 4. The molecule has 0 spiro atoms. The third-order valence-corrected chi connectivity index (χ3v) is 7.88. The van der Waals surface area contributed by atoms with Gasteiger partial charge >= 0.3 is 0 Å². The van der Waals surface area contributed by atoms with Crippen LogP contribution in [0.15, 0.2) is 60.3 Å². The summed E-state index contributed by atoms with van der Waals surface area (Å²) in [5, 5.41) is 11.3. The first-order valence-corrected chi connectivity index (χ1v) is 13.4. The van der Waals surface area contributed by atoms with E-state index in [1.807, 2.05) is 30.5 Å². The minimum atomic E-state index is 0.0992. The first-order chi connectivity index (χ1) is 16.9. The van der Waals surface area contributed by atoms with E-state index in [2.05, 4.69) is 49.5 Å². The van der Waals surface area contributed by atoms with E-state index >= 15 is 0 Å². The van der Waals surface area contributed by atoms with Crippen molar-refractivity contribution in [2.75, 3.05) is 13.2 Å². The average molecular weight is 497 g/mol. The van der Waals surface area contributed by atoms with Gasteiger partial charge < -0.3 is 9.84 Å². The summed E-state index contributed by atoms with van der Waals surface area (Å²) in [4.78, 5) is 9.00. The third-order valence-electron chi connectivity index (χ3n) is 7.64. The van der Waals surface area contributed by atoms with Crippen molar-refractivity contribution in [3.05, 3.63) is 71.2 Å². The van der Waals surface area contributed by atoms with E-state index < -0.39 is 0 Å². The lowest BCUT2D eigenvalue weighted by Crippen LogP contribution is -2.32. The molecule has 1 N–H and O–H groups in total. The quantitative estimate of drug-likeness (QED) is 0.240. The molecule has 5 heteroatoms. The van der Waals surface area contributed by atoms with Crippen LogP contribution in [0.3, 0.4) is 0 Å². The molecule has 1 aliphatic rings. The Morgan fingerprint density at radius 2 is 2.09 bits per heavy atom. The lowest BCUT2D eigenvalue weighted by Gasteiger charge is -2.43. The summed E-state index contributed by atoms with van der Waals surface area (Å²) in [7, 11) is 0. The first-order valence-electron chi connectivity index (χ1n) is 13.0. The van der Waals surface area contributed by atoms with Crippen molar-refractivity contribution in [2.24, 2.45) is 17.3 Å². The van der Waals surface area contributed by atoms with Gasteiger partial charge in [-0.25, -0.2) is 9.97 Å². The highest BCUT2D eigenvalue weighted by molar-refractivity contribution is 6.31. The van der Waals surface area contributed by atoms with Gasteiger partial charge in [0.1, 0.15) is 6.61 Å². The van der Waals surface area contributed by atoms with Gasteiger partial charge in [-0.3, -0.25) is 0 Å². The van der Waals surface area contributed by atoms with Gasteiger partial charge in [-0.05, 0) is 81.9 Å². The number of rotatable bonds is 12. The number of fused-ring (bicyclic) bond motifs is 1. The Kier molecular flexibility index (Phi) is 10.5. The zero-order chi connectivity index (χ0) is 25.3. The van der Waals surface area contributed by atoms with Gasteiger partial charge in [0.15, 0.2) is 5.82 Å². The number of aliphatic hydroxyl groups is 1. The standard InChI is InChI=1S/C30H41ClN2O2/c1-5-22(3)9-10-23(4)30(15-13-24(20-34)14-16-30)26(6-2)8-7-17-35-21-29-32-19-25-11-12-27(31)18-28(25)33-29/h5,8,10-12,18-19,22,24,34H,1,6-7,9,13-17,20-21H2,2-4H3/b23-10+,26-8+. The molecule has 0 radical (unpaired) electrons. The molecule has 0 amide bonds. The van der Waals surface area contributed by atoms with E-state index in [1.165, 1.54) is 11.1 Å². The monoisotopic (exact) mass is 496 g/mol. The summed E-state index contributed by atoms with van der Waals surface area (Å²) in [5.41, 5.74) is 3.92. The fourth-order valence-corrected chi connectivity index (χ4v) is 5.40. The van der Waals surface area contributed by atoms with Crippen LogP contribution in [-0.4, -0.2) is 28.3 Å². The molecule has 190 valence electrons. The van der Waals surface area contributed by atoms with Gasteiger partial charge in [0.2, 0.25) is 0 Å². The molecule has 1 aromatic heterocycles. The molecule has 2 aromatic rings. The SMILES string of the molecule is C=CC(C)C/C=C(\C)C1(/C(=C/CCOCc2ncc3ccc(Cl)cc3n2)CC)CCC(CO)CC1. The fraction of sp³-hybridized carbons (Fsp3) is 0.533. The second-order valence-corrected chi connectivity index (χ2v) is 10.4. The lowest BCUT2D eigenvalue weighted by molar-refractivity contribution is 0.119. The number of aromatic nitrogens is 2. The number of ether oxygens (including phenoxy) is 1. The highest BCUT2D eigenvalue weighted by Gasteiger charge is 2.38. The second-order valence-electron chi connectivity index (χ2n) is 9.96. The number of nitrogens with zero attached hydrogens (tertiary/aromatic N) is 2. The minimum absolute atomic E-state index is 0.0992. The van der Waals surface area contributed by atoms with Crippen LogP contribution in [0.1, 0.15) is 71.5 Å². The number of aliphatic hydroxyl groups excluding tert-OH is 1. The number of benzene rings is 1. The molecule has 0 bridgehead atoms. The number of halogens is 1. The van der Waals surface area contributed by atoms with Crippen molar-refractivity contribution >= 4 is 22.5 Å². The van der Waals surface area contributed by atoms with Crippen LogP contribution in [0.4, 0.5) is 0 Å². The number of allylic oxidation sites excluding steroid dienone is 4. The van der Waals surface area contributed by atoms with Crippen LogP contribution in [0.25, 0.3) is 10.9 Å². The Hall–Kier alpha value is -2.01. The van der Waals surface area contributed by atoms with Crippen LogP contribution < -0.4 is 0 Å². The maximum Gasteiger partial charge on any atom is 0.154 e. The van der Waals surface area contributed by atoms with Crippen molar-refractivity contribution in [1.82, 2.24) is 9.97 Å². The van der Waals surface area contributed by atoms with Crippen LogP contribution in [0, 0.1) is 17.3 Å². The predicted molar refractivity (Wildman–Crippen MR) is 146 cm³/mol. The Labute approximate surface area is 216 Å². The third kappa shape index (κ3) is 7.25. The fourth-order valence-electron chi connectivity index (χ4n) is 5.24. The average Bonchev–Trinajstić information content (AvgIpc) is 2.88. The van der Waals surface area contributed by atoms with Crippen LogP contribution >= 0.6 is 11.6 Å². The van der Waals surface area contributed by atoms with E-state index in [0.29, 0.717) is 42.5 Å². The van der Waals surface area contributed by atoms with Gasteiger partial charge in [-0.1, -0.05) is 54.8 Å². The molecule has 1 unspecified atom stereocenters. The van der Waals surface area contributed by atoms with Crippen molar-refractivity contribution in [3.63, 3.8) is 0 Å². The van der Waals surface area contributed by atoms with Crippen molar-refractivity contribution in [1.29, 1.82) is 0 Å². The molecule has 4 nitrogen and oxygen atoms in total. The summed E-state index contributed by atoms with van der Waals surface area (Å²) < 4.78 is 5.94.